The number of aryl methyl sites for hydroxylation is 1. The molecule has 1 aliphatic heterocycles. The summed E-state index contributed by atoms with van der Waals surface area (Å²) in [4.78, 5) is 17.5. The minimum absolute atomic E-state index is 0.128. The molecule has 3 rings (SSSR count). The normalized spacial score (nSPS) is 22.4. The number of oxazole rings is 1. The zero-order valence-corrected chi connectivity index (χ0v) is 29.1. The van der Waals surface area contributed by atoms with Gasteiger partial charge in [0.15, 0.2) is 17.4 Å². The Labute approximate surface area is 280 Å². The molecule has 1 fully saturated rings. The third kappa shape index (κ3) is 12.7. The van der Waals surface area contributed by atoms with Crippen LogP contribution >= 0.6 is 0 Å². The van der Waals surface area contributed by atoms with E-state index in [1.807, 2.05) is 38.1 Å². The second kappa shape index (κ2) is 19.5. The van der Waals surface area contributed by atoms with E-state index in [9.17, 15) is 9.90 Å². The van der Waals surface area contributed by atoms with Crippen molar-refractivity contribution in [2.24, 2.45) is 5.92 Å². The van der Waals surface area contributed by atoms with E-state index in [2.05, 4.69) is 54.5 Å². The quantitative estimate of drug-likeness (QED) is 0.167. The smallest absolute Gasteiger partial charge is 0.273 e. The summed E-state index contributed by atoms with van der Waals surface area (Å²) in [5.41, 5.74) is 2.50. The Morgan fingerprint density at radius 2 is 1.98 bits per heavy atom. The first kappa shape index (κ1) is 38.2. The van der Waals surface area contributed by atoms with Crippen LogP contribution in [0.5, 0.6) is 5.75 Å². The number of hydrogen-bond donors (Lipinski definition) is 2. The van der Waals surface area contributed by atoms with Crippen LogP contribution in [0, 0.1) is 5.92 Å². The van der Waals surface area contributed by atoms with Gasteiger partial charge in [-0.15, -0.1) is 0 Å². The van der Waals surface area contributed by atoms with Crippen molar-refractivity contribution in [2.75, 3.05) is 27.9 Å². The van der Waals surface area contributed by atoms with E-state index in [1.165, 1.54) is 11.8 Å². The summed E-state index contributed by atoms with van der Waals surface area (Å²) >= 11 is 0. The van der Waals surface area contributed by atoms with Crippen molar-refractivity contribution in [2.45, 2.75) is 103 Å². The molecule has 2 heterocycles. The molecule has 47 heavy (non-hydrogen) atoms. The van der Waals surface area contributed by atoms with E-state index < -0.39 is 23.8 Å². The van der Waals surface area contributed by atoms with Gasteiger partial charge in [-0.05, 0) is 57.2 Å². The summed E-state index contributed by atoms with van der Waals surface area (Å²) < 4.78 is 34.9. The van der Waals surface area contributed by atoms with Gasteiger partial charge in [0.25, 0.3) is 5.91 Å². The molecule has 0 spiro atoms. The SMILES string of the molecule is C/C=C/[C@H](C)/C=C(/C)C/C=C/CCc1nc(C(=O)NC(CO)[C@@H](C[C@H]2C[C@@H](OCc3ccc(OC)cc3)C[C@](C)(OC)O2)OC)co1. The van der Waals surface area contributed by atoms with Crippen molar-refractivity contribution in [1.82, 2.24) is 10.3 Å². The highest BCUT2D eigenvalue weighted by Gasteiger charge is 2.41. The van der Waals surface area contributed by atoms with Crippen molar-refractivity contribution in [3.05, 3.63) is 83.6 Å². The van der Waals surface area contributed by atoms with Crippen LogP contribution in [0.1, 0.15) is 81.7 Å². The number of rotatable bonds is 19. The number of aliphatic hydroxyl groups excluding tert-OH is 1. The summed E-state index contributed by atoms with van der Waals surface area (Å²) in [7, 11) is 4.80. The maximum absolute atomic E-state index is 13.1. The molecule has 2 N–H and O–H groups in total. The first-order chi connectivity index (χ1) is 22.6. The topological polar surface area (TPSA) is 122 Å². The molecule has 10 nitrogen and oxygen atoms in total. The number of methoxy groups -OCH3 is 3. The lowest BCUT2D eigenvalue weighted by molar-refractivity contribution is -0.284. The summed E-state index contributed by atoms with van der Waals surface area (Å²) in [5.74, 6) is 0.397. The summed E-state index contributed by atoms with van der Waals surface area (Å²) in [6.45, 7) is 8.33. The first-order valence-electron chi connectivity index (χ1n) is 16.4. The Hall–Kier alpha value is -3.28. The number of aromatic nitrogens is 1. The van der Waals surface area contributed by atoms with Gasteiger partial charge in [-0.25, -0.2) is 4.98 Å². The van der Waals surface area contributed by atoms with Crippen molar-refractivity contribution in [3.63, 3.8) is 0 Å². The van der Waals surface area contributed by atoms with Gasteiger partial charge in [-0.3, -0.25) is 4.79 Å². The number of nitrogens with zero attached hydrogens (tertiary/aromatic N) is 1. The molecule has 0 bridgehead atoms. The fourth-order valence-electron chi connectivity index (χ4n) is 5.76. The van der Waals surface area contributed by atoms with E-state index in [0.29, 0.717) is 44.1 Å². The first-order valence-corrected chi connectivity index (χ1v) is 16.4. The van der Waals surface area contributed by atoms with Gasteiger partial charge in [-0.2, -0.15) is 0 Å². The third-order valence-electron chi connectivity index (χ3n) is 8.34. The Morgan fingerprint density at radius 3 is 2.64 bits per heavy atom. The van der Waals surface area contributed by atoms with Crippen molar-refractivity contribution < 1.29 is 38.0 Å². The predicted molar refractivity (Wildman–Crippen MR) is 181 cm³/mol. The van der Waals surface area contributed by atoms with Gasteiger partial charge >= 0.3 is 0 Å². The average Bonchev–Trinajstić information content (AvgIpc) is 3.54. The standard InChI is InChI=1S/C37H54N2O8/c1-8-12-26(2)19-27(3)13-10-9-11-14-35-38-33(25-46-35)36(41)39-32(23-40)34(43-6)21-30-20-31(22-37(4,44-7)47-30)45-24-28-15-17-29(42-5)18-16-28/h8-10,12,15-19,25-26,30-32,34,40H,11,13-14,20-24H2,1-7H3,(H,39,41)/b10-9+,12-8+,27-19-/t26-,30+,31+,32?,34+,37+/m0/s1. The molecule has 0 saturated carbocycles. The number of carbonyl (C=O) groups excluding carboxylic acids is 1. The highest BCUT2D eigenvalue weighted by atomic mass is 16.7. The number of hydrogen-bond acceptors (Lipinski definition) is 9. The maximum Gasteiger partial charge on any atom is 0.273 e. The number of amides is 1. The Bertz CT molecular complexity index is 1300. The van der Waals surface area contributed by atoms with Crippen LogP contribution in [-0.2, 0) is 32.0 Å². The molecular weight excluding hydrogens is 600 g/mol. The molecule has 2 aromatic rings. The molecule has 1 aromatic carbocycles. The third-order valence-corrected chi connectivity index (χ3v) is 8.34. The second-order valence-electron chi connectivity index (χ2n) is 12.3. The molecule has 0 radical (unpaired) electrons. The summed E-state index contributed by atoms with van der Waals surface area (Å²) in [6, 6.07) is 7.07. The Morgan fingerprint density at radius 1 is 1.21 bits per heavy atom. The van der Waals surface area contributed by atoms with E-state index in [4.69, 9.17) is 28.1 Å². The number of ether oxygens (including phenoxy) is 5. The van der Waals surface area contributed by atoms with Crippen LogP contribution in [-0.4, -0.2) is 74.1 Å². The van der Waals surface area contributed by atoms with Crippen LogP contribution in [0.4, 0.5) is 0 Å². The molecule has 10 heteroatoms. The zero-order chi connectivity index (χ0) is 34.2. The number of allylic oxidation sites excluding steroid dienone is 6. The number of benzene rings is 1. The van der Waals surface area contributed by atoms with E-state index in [0.717, 1.165) is 24.2 Å². The van der Waals surface area contributed by atoms with E-state index >= 15 is 0 Å². The van der Waals surface area contributed by atoms with Gasteiger partial charge in [0.05, 0.1) is 44.7 Å². The molecule has 6 atom stereocenters. The molecule has 0 aliphatic carbocycles. The molecular formula is C37H54N2O8. The molecule has 1 aromatic heterocycles. The molecule has 1 unspecified atom stereocenters. The molecule has 1 amide bonds. The van der Waals surface area contributed by atoms with Crippen LogP contribution < -0.4 is 10.1 Å². The van der Waals surface area contributed by atoms with Crippen LogP contribution in [0.15, 0.2) is 70.9 Å². The lowest BCUT2D eigenvalue weighted by atomic mass is 9.93. The Kier molecular flexibility index (Phi) is 15.9. The summed E-state index contributed by atoms with van der Waals surface area (Å²) in [6.07, 6.45) is 14.9. The van der Waals surface area contributed by atoms with Crippen LogP contribution in [0.3, 0.4) is 0 Å². The fourth-order valence-corrected chi connectivity index (χ4v) is 5.76. The fraction of sp³-hybridized carbons (Fsp3) is 0.568. The van der Waals surface area contributed by atoms with Crippen molar-refractivity contribution in [3.8, 4) is 5.75 Å². The molecule has 1 saturated heterocycles. The van der Waals surface area contributed by atoms with Gasteiger partial charge in [0, 0.05) is 39.9 Å². The van der Waals surface area contributed by atoms with Gasteiger partial charge < -0.3 is 38.5 Å². The van der Waals surface area contributed by atoms with Gasteiger partial charge in [0.2, 0.25) is 0 Å². The largest absolute Gasteiger partial charge is 0.497 e. The lowest BCUT2D eigenvalue weighted by Gasteiger charge is -2.42. The number of carbonyl (C=O) groups is 1. The van der Waals surface area contributed by atoms with Crippen LogP contribution in [0.25, 0.3) is 0 Å². The highest BCUT2D eigenvalue weighted by Crippen LogP contribution is 2.34. The number of nitrogens with one attached hydrogen (secondary N) is 1. The minimum Gasteiger partial charge on any atom is -0.497 e. The highest BCUT2D eigenvalue weighted by molar-refractivity contribution is 5.92. The van der Waals surface area contributed by atoms with Crippen molar-refractivity contribution in [1.29, 1.82) is 0 Å². The molecule has 1 aliphatic rings. The number of aliphatic hydroxyl groups is 1. The second-order valence-corrected chi connectivity index (χ2v) is 12.3. The zero-order valence-electron chi connectivity index (χ0n) is 29.1. The predicted octanol–water partition coefficient (Wildman–Crippen LogP) is 6.34. The monoisotopic (exact) mass is 654 g/mol. The van der Waals surface area contributed by atoms with E-state index in [1.54, 1.807) is 21.3 Å². The van der Waals surface area contributed by atoms with E-state index in [-0.39, 0.29) is 24.5 Å². The van der Waals surface area contributed by atoms with Gasteiger partial charge in [0.1, 0.15) is 12.0 Å². The van der Waals surface area contributed by atoms with Crippen LogP contribution in [0.2, 0.25) is 0 Å². The minimum atomic E-state index is -0.851. The van der Waals surface area contributed by atoms with Gasteiger partial charge in [-0.1, -0.05) is 55.0 Å². The van der Waals surface area contributed by atoms with Crippen molar-refractivity contribution >= 4 is 5.91 Å². The molecule has 260 valence electrons. The Balaban J connectivity index is 1.53. The summed E-state index contributed by atoms with van der Waals surface area (Å²) in [5, 5.41) is 13.1. The lowest BCUT2D eigenvalue weighted by Crippen LogP contribution is -2.51. The maximum atomic E-state index is 13.1. The average molecular weight is 655 g/mol.